The largest absolute Gasteiger partial charge is 0.489 e. The molecule has 2 N–H and O–H groups in total. The Morgan fingerprint density at radius 2 is 1.69 bits per heavy atom. The van der Waals surface area contributed by atoms with Crippen LogP contribution in [0.5, 0.6) is 11.5 Å². The summed E-state index contributed by atoms with van der Waals surface area (Å²) < 4.78 is 11.2. The molecule has 0 unspecified atom stereocenters. The Kier molecular flexibility index (Phi) is 6.09. The van der Waals surface area contributed by atoms with Gasteiger partial charge in [-0.15, -0.1) is 11.3 Å². The minimum absolute atomic E-state index is 0.0266. The molecule has 1 heterocycles. The summed E-state index contributed by atoms with van der Waals surface area (Å²) in [6, 6.07) is 21.7. The zero-order valence-electron chi connectivity index (χ0n) is 17.2. The molecular weight excluding hydrogens is 428 g/mol. The molecule has 162 valence electrons. The van der Waals surface area contributed by atoms with Gasteiger partial charge in [-0.25, -0.2) is 9.59 Å². The summed E-state index contributed by atoms with van der Waals surface area (Å²) in [7, 11) is 0. The van der Waals surface area contributed by atoms with Crippen LogP contribution in [0.4, 0.5) is 0 Å². The number of carbonyl (C=O) groups is 2. The van der Waals surface area contributed by atoms with E-state index in [4.69, 9.17) is 14.6 Å². The van der Waals surface area contributed by atoms with Crippen molar-refractivity contribution in [3.63, 3.8) is 0 Å². The van der Waals surface area contributed by atoms with E-state index in [0.717, 1.165) is 27.8 Å². The molecule has 3 aromatic carbocycles. The zero-order chi connectivity index (χ0) is 22.7. The first-order chi connectivity index (χ1) is 15.4. The number of thiophene rings is 1. The van der Waals surface area contributed by atoms with E-state index in [0.29, 0.717) is 22.8 Å². The van der Waals surface area contributed by atoms with Gasteiger partial charge in [0.05, 0.1) is 0 Å². The molecule has 0 aliphatic heterocycles. The second-order valence-electron chi connectivity index (χ2n) is 7.20. The van der Waals surface area contributed by atoms with E-state index >= 15 is 0 Å². The molecule has 0 fully saturated rings. The van der Waals surface area contributed by atoms with Crippen molar-refractivity contribution in [2.24, 2.45) is 0 Å². The lowest BCUT2D eigenvalue weighted by molar-refractivity contribution is -0.139. The first-order valence-electron chi connectivity index (χ1n) is 9.84. The van der Waals surface area contributed by atoms with Crippen molar-refractivity contribution in [2.75, 3.05) is 6.61 Å². The molecule has 0 aliphatic rings. The van der Waals surface area contributed by atoms with Crippen LogP contribution >= 0.6 is 11.3 Å². The zero-order valence-corrected chi connectivity index (χ0v) is 18.0. The number of carboxylic acids is 2. The second-order valence-corrected chi connectivity index (χ2v) is 8.22. The molecule has 1 aromatic heterocycles. The lowest BCUT2D eigenvalue weighted by atomic mass is 10.1. The third-order valence-electron chi connectivity index (χ3n) is 4.94. The Bertz CT molecular complexity index is 1310. The van der Waals surface area contributed by atoms with Gasteiger partial charge in [-0.3, -0.25) is 0 Å². The maximum atomic E-state index is 11.6. The molecule has 0 bridgehead atoms. The third kappa shape index (κ3) is 4.58. The highest BCUT2D eigenvalue weighted by Crippen LogP contribution is 2.42. The summed E-state index contributed by atoms with van der Waals surface area (Å²) in [6.07, 6.45) is 0. The fraction of sp³-hybridized carbons (Fsp3) is 0.120. The average Bonchev–Trinajstić information content (AvgIpc) is 3.13. The average molecular weight is 448 g/mol. The number of aromatic carboxylic acids is 1. The van der Waals surface area contributed by atoms with Gasteiger partial charge in [0, 0.05) is 10.4 Å². The third-order valence-corrected chi connectivity index (χ3v) is 6.25. The highest BCUT2D eigenvalue weighted by Gasteiger charge is 2.23. The fourth-order valence-corrected chi connectivity index (χ4v) is 4.53. The molecular formula is C25H20O6S. The number of hydrogen-bond acceptors (Lipinski definition) is 5. The minimum Gasteiger partial charge on any atom is -0.489 e. The monoisotopic (exact) mass is 448 g/mol. The van der Waals surface area contributed by atoms with Gasteiger partial charge in [0.25, 0.3) is 0 Å². The quantitative estimate of drug-likeness (QED) is 0.364. The van der Waals surface area contributed by atoms with E-state index in [-0.39, 0.29) is 10.6 Å². The molecule has 0 saturated carbocycles. The Balaban J connectivity index is 1.57. The summed E-state index contributed by atoms with van der Waals surface area (Å²) in [6.45, 7) is 1.51. The normalized spacial score (nSPS) is 10.8. The van der Waals surface area contributed by atoms with Crippen LogP contribution in [0.15, 0.2) is 66.7 Å². The predicted molar refractivity (Wildman–Crippen MR) is 123 cm³/mol. The van der Waals surface area contributed by atoms with E-state index in [2.05, 4.69) is 24.3 Å². The van der Waals surface area contributed by atoms with Crippen molar-refractivity contribution in [3.8, 4) is 21.9 Å². The van der Waals surface area contributed by atoms with Crippen LogP contribution in [-0.2, 0) is 11.4 Å². The standard InChI is InChI=1S/C25H20O6S/c1-15-22(31-14-21(26)27)24(25(28)29)32-23(15)19-7-4-8-20(12-19)30-13-16-9-10-17-5-2-3-6-18(17)11-16/h2-12H,13-14H2,1H3,(H,26,27)(H,28,29). The van der Waals surface area contributed by atoms with Gasteiger partial charge in [-0.1, -0.05) is 48.5 Å². The SMILES string of the molecule is Cc1c(-c2cccc(OCc3ccc4ccccc4c3)c2)sc(C(=O)O)c1OCC(=O)O. The molecule has 0 atom stereocenters. The van der Waals surface area contributed by atoms with Gasteiger partial charge in [0.1, 0.15) is 18.1 Å². The van der Waals surface area contributed by atoms with Gasteiger partial charge >= 0.3 is 11.9 Å². The van der Waals surface area contributed by atoms with E-state index < -0.39 is 18.5 Å². The van der Waals surface area contributed by atoms with Crippen LogP contribution < -0.4 is 9.47 Å². The van der Waals surface area contributed by atoms with Gasteiger partial charge in [-0.05, 0) is 47.0 Å². The summed E-state index contributed by atoms with van der Waals surface area (Å²) in [5, 5.41) is 20.7. The Morgan fingerprint density at radius 3 is 2.44 bits per heavy atom. The molecule has 4 rings (SSSR count). The summed E-state index contributed by atoms with van der Waals surface area (Å²) in [5.74, 6) is -1.60. The second kappa shape index (κ2) is 9.11. The first-order valence-corrected chi connectivity index (χ1v) is 10.7. The summed E-state index contributed by atoms with van der Waals surface area (Å²) in [5.41, 5.74) is 2.40. The first kappa shape index (κ1) is 21.4. The number of fused-ring (bicyclic) bond motifs is 1. The van der Waals surface area contributed by atoms with Gasteiger partial charge in [-0.2, -0.15) is 0 Å². The molecule has 4 aromatic rings. The van der Waals surface area contributed by atoms with E-state index in [1.165, 1.54) is 5.39 Å². The molecule has 0 amide bonds. The molecule has 32 heavy (non-hydrogen) atoms. The van der Waals surface area contributed by atoms with Crippen LogP contribution in [-0.4, -0.2) is 28.8 Å². The molecule has 0 spiro atoms. The number of benzene rings is 3. The van der Waals surface area contributed by atoms with E-state index in [9.17, 15) is 14.7 Å². The van der Waals surface area contributed by atoms with Crippen LogP contribution in [0.3, 0.4) is 0 Å². The van der Waals surface area contributed by atoms with E-state index in [1.807, 2.05) is 42.5 Å². The minimum atomic E-state index is -1.17. The Hall–Kier alpha value is -3.84. The fourth-order valence-electron chi connectivity index (χ4n) is 3.44. The molecule has 7 heteroatoms. The van der Waals surface area contributed by atoms with Crippen molar-refractivity contribution in [2.45, 2.75) is 13.5 Å². The van der Waals surface area contributed by atoms with Crippen molar-refractivity contribution in [3.05, 3.63) is 82.7 Å². The molecule has 0 saturated heterocycles. The lowest BCUT2D eigenvalue weighted by Gasteiger charge is -2.09. The van der Waals surface area contributed by atoms with Crippen molar-refractivity contribution >= 4 is 34.0 Å². The number of ether oxygens (including phenoxy) is 2. The Labute approximate surface area is 188 Å². The lowest BCUT2D eigenvalue weighted by Crippen LogP contribution is -2.11. The van der Waals surface area contributed by atoms with Crippen LogP contribution in [0.1, 0.15) is 20.8 Å². The molecule has 0 aliphatic carbocycles. The van der Waals surface area contributed by atoms with Crippen LogP contribution in [0, 0.1) is 6.92 Å². The number of rotatable bonds is 8. The van der Waals surface area contributed by atoms with Crippen molar-refractivity contribution in [1.29, 1.82) is 0 Å². The number of carboxylic acid groups (broad SMARTS) is 2. The highest BCUT2D eigenvalue weighted by molar-refractivity contribution is 7.18. The maximum Gasteiger partial charge on any atom is 0.349 e. The highest BCUT2D eigenvalue weighted by atomic mass is 32.1. The van der Waals surface area contributed by atoms with Crippen LogP contribution in [0.2, 0.25) is 0 Å². The predicted octanol–water partition coefficient (Wildman–Crippen LogP) is 5.62. The van der Waals surface area contributed by atoms with Gasteiger partial charge < -0.3 is 19.7 Å². The number of aliphatic carboxylic acids is 1. The summed E-state index contributed by atoms with van der Waals surface area (Å²) in [4.78, 5) is 23.2. The van der Waals surface area contributed by atoms with E-state index in [1.54, 1.807) is 6.92 Å². The van der Waals surface area contributed by atoms with Gasteiger partial charge in [0.15, 0.2) is 11.5 Å². The van der Waals surface area contributed by atoms with Gasteiger partial charge in [0.2, 0.25) is 0 Å². The smallest absolute Gasteiger partial charge is 0.349 e. The maximum absolute atomic E-state index is 11.6. The molecule has 0 radical (unpaired) electrons. The topological polar surface area (TPSA) is 93.1 Å². The number of hydrogen-bond donors (Lipinski definition) is 2. The van der Waals surface area contributed by atoms with Crippen molar-refractivity contribution in [1.82, 2.24) is 0 Å². The Morgan fingerprint density at radius 1 is 0.906 bits per heavy atom. The van der Waals surface area contributed by atoms with Crippen molar-refractivity contribution < 1.29 is 29.3 Å². The van der Waals surface area contributed by atoms with Crippen LogP contribution in [0.25, 0.3) is 21.2 Å². The molecule has 6 nitrogen and oxygen atoms in total. The summed E-state index contributed by atoms with van der Waals surface area (Å²) >= 11 is 1.05.